The Kier molecular flexibility index (Phi) is 9.14. The van der Waals surface area contributed by atoms with Gasteiger partial charge in [0.05, 0.1) is 6.61 Å². The molecule has 2 aromatic rings. The summed E-state index contributed by atoms with van der Waals surface area (Å²) in [5.74, 6) is 0.777. The Labute approximate surface area is 192 Å². The lowest BCUT2D eigenvalue weighted by Gasteiger charge is -2.32. The number of hydrogen-bond donors (Lipinski definition) is 1. The quantitative estimate of drug-likeness (QED) is 0.503. The van der Waals surface area contributed by atoms with E-state index in [2.05, 4.69) is 5.32 Å². The average molecular weight is 437 g/mol. The fourth-order valence-electron chi connectivity index (χ4n) is 4.33. The summed E-state index contributed by atoms with van der Waals surface area (Å²) in [6.07, 6.45) is 5.95. The van der Waals surface area contributed by atoms with Gasteiger partial charge in [0.2, 0.25) is 11.8 Å². The van der Waals surface area contributed by atoms with Crippen LogP contribution in [0.4, 0.5) is 0 Å². The van der Waals surface area contributed by atoms with E-state index < -0.39 is 6.04 Å². The molecule has 0 spiro atoms. The summed E-state index contributed by atoms with van der Waals surface area (Å²) in [4.78, 5) is 28.2. The molecule has 1 fully saturated rings. The first-order chi connectivity index (χ1) is 15.6. The molecule has 2 amide bonds. The van der Waals surface area contributed by atoms with Crippen molar-refractivity contribution in [1.82, 2.24) is 10.2 Å². The fourth-order valence-corrected chi connectivity index (χ4v) is 4.33. The maximum Gasteiger partial charge on any atom is 0.243 e. The smallest absolute Gasteiger partial charge is 0.243 e. The van der Waals surface area contributed by atoms with E-state index in [0.717, 1.165) is 42.6 Å². The lowest BCUT2D eigenvalue weighted by Crippen LogP contribution is -2.51. The molecule has 1 N–H and O–H groups in total. The molecule has 5 heteroatoms. The lowest BCUT2D eigenvalue weighted by atomic mass is 10.0. The van der Waals surface area contributed by atoms with Gasteiger partial charge in [0, 0.05) is 19.0 Å². The first-order valence-corrected chi connectivity index (χ1v) is 11.9. The summed E-state index contributed by atoms with van der Waals surface area (Å²) in [5, 5.41) is 3.20. The Morgan fingerprint density at radius 1 is 1.06 bits per heavy atom. The van der Waals surface area contributed by atoms with Crippen LogP contribution in [0.1, 0.15) is 63.0 Å². The summed E-state index contributed by atoms with van der Waals surface area (Å²) < 4.78 is 5.75. The number of carbonyl (C=O) groups is 2. The van der Waals surface area contributed by atoms with E-state index in [1.165, 1.54) is 0 Å². The number of rotatable bonds is 11. The minimum Gasteiger partial charge on any atom is -0.494 e. The number of hydrogen-bond acceptors (Lipinski definition) is 3. The average Bonchev–Trinajstić information content (AvgIpc) is 3.31. The number of ether oxygens (including phenoxy) is 1. The van der Waals surface area contributed by atoms with Crippen LogP contribution < -0.4 is 10.1 Å². The van der Waals surface area contributed by atoms with E-state index in [9.17, 15) is 9.59 Å². The van der Waals surface area contributed by atoms with Gasteiger partial charge in [0.1, 0.15) is 11.8 Å². The Morgan fingerprint density at radius 2 is 1.75 bits per heavy atom. The van der Waals surface area contributed by atoms with Crippen molar-refractivity contribution in [1.29, 1.82) is 0 Å². The number of carbonyl (C=O) groups excluding carboxylic acids is 2. The molecule has 0 heterocycles. The van der Waals surface area contributed by atoms with Crippen LogP contribution in [-0.2, 0) is 16.1 Å². The van der Waals surface area contributed by atoms with Crippen LogP contribution in [0.25, 0.3) is 0 Å². The minimum absolute atomic E-state index is 0.00154. The fraction of sp³-hybridized carbons (Fsp3) is 0.481. The molecule has 0 aromatic heterocycles. The van der Waals surface area contributed by atoms with Crippen LogP contribution in [-0.4, -0.2) is 35.4 Å². The first kappa shape index (κ1) is 23.8. The molecule has 0 aliphatic heterocycles. The molecule has 172 valence electrons. The molecule has 2 aromatic carbocycles. The zero-order valence-corrected chi connectivity index (χ0v) is 19.4. The number of amides is 2. The van der Waals surface area contributed by atoms with Crippen molar-refractivity contribution >= 4 is 11.8 Å². The zero-order valence-electron chi connectivity index (χ0n) is 19.4. The first-order valence-electron chi connectivity index (χ1n) is 11.9. The highest BCUT2D eigenvalue weighted by Gasteiger charge is 2.30. The van der Waals surface area contributed by atoms with Gasteiger partial charge in [-0.15, -0.1) is 0 Å². The summed E-state index contributed by atoms with van der Waals surface area (Å²) >= 11 is 0. The minimum atomic E-state index is -0.460. The van der Waals surface area contributed by atoms with Gasteiger partial charge < -0.3 is 15.0 Å². The predicted octanol–water partition coefficient (Wildman–Crippen LogP) is 5.02. The molecule has 32 heavy (non-hydrogen) atoms. The molecule has 1 atom stereocenters. The van der Waals surface area contributed by atoms with Crippen LogP contribution in [0.15, 0.2) is 54.6 Å². The SMILES string of the molecule is CCC(C(=O)NC1CCCC1)N(Cc1ccccc1C)C(=O)CCCOc1ccccc1. The van der Waals surface area contributed by atoms with Crippen LogP contribution in [0.5, 0.6) is 5.75 Å². The van der Waals surface area contributed by atoms with Crippen molar-refractivity contribution in [3.8, 4) is 5.75 Å². The number of benzene rings is 2. The summed E-state index contributed by atoms with van der Waals surface area (Å²) in [7, 11) is 0. The lowest BCUT2D eigenvalue weighted by molar-refractivity contribution is -0.141. The molecule has 1 aliphatic rings. The van der Waals surface area contributed by atoms with Crippen molar-refractivity contribution in [3.63, 3.8) is 0 Å². The van der Waals surface area contributed by atoms with Crippen molar-refractivity contribution in [3.05, 3.63) is 65.7 Å². The van der Waals surface area contributed by atoms with Crippen LogP contribution in [0.3, 0.4) is 0 Å². The number of para-hydroxylation sites is 1. The van der Waals surface area contributed by atoms with E-state index >= 15 is 0 Å². The highest BCUT2D eigenvalue weighted by Crippen LogP contribution is 2.20. The molecular formula is C27H36N2O3. The van der Waals surface area contributed by atoms with E-state index in [1.807, 2.05) is 68.4 Å². The van der Waals surface area contributed by atoms with Crippen molar-refractivity contribution < 1.29 is 14.3 Å². The van der Waals surface area contributed by atoms with Crippen molar-refractivity contribution in [2.24, 2.45) is 0 Å². The second kappa shape index (κ2) is 12.3. The zero-order chi connectivity index (χ0) is 22.8. The van der Waals surface area contributed by atoms with Gasteiger partial charge in [0.15, 0.2) is 0 Å². The van der Waals surface area contributed by atoms with Crippen LogP contribution in [0, 0.1) is 6.92 Å². The third-order valence-corrected chi connectivity index (χ3v) is 6.24. The Balaban J connectivity index is 1.66. The standard InChI is InChI=1S/C27H36N2O3/c1-3-25(27(31)28-23-14-9-10-15-23)29(20-22-13-8-7-12-21(22)2)26(30)18-11-19-32-24-16-5-4-6-17-24/h4-8,12-13,16-17,23,25H,3,9-11,14-15,18-20H2,1-2H3,(H,28,31). The topological polar surface area (TPSA) is 58.6 Å². The van der Waals surface area contributed by atoms with E-state index in [-0.39, 0.29) is 17.9 Å². The third-order valence-electron chi connectivity index (χ3n) is 6.24. The van der Waals surface area contributed by atoms with Crippen LogP contribution >= 0.6 is 0 Å². The predicted molar refractivity (Wildman–Crippen MR) is 127 cm³/mol. The summed E-state index contributed by atoms with van der Waals surface area (Å²) in [6.45, 7) is 4.95. The normalized spacial score (nSPS) is 14.7. The molecule has 1 aliphatic carbocycles. The maximum atomic E-state index is 13.3. The van der Waals surface area contributed by atoms with Gasteiger partial charge in [-0.1, -0.05) is 62.2 Å². The molecule has 1 unspecified atom stereocenters. The molecule has 0 radical (unpaired) electrons. The molecule has 5 nitrogen and oxygen atoms in total. The summed E-state index contributed by atoms with van der Waals surface area (Å²) in [6, 6.07) is 17.5. The van der Waals surface area contributed by atoms with Gasteiger partial charge in [-0.05, 0) is 55.9 Å². The van der Waals surface area contributed by atoms with E-state index in [0.29, 0.717) is 32.4 Å². The summed E-state index contributed by atoms with van der Waals surface area (Å²) in [5.41, 5.74) is 2.21. The number of nitrogens with zero attached hydrogens (tertiary/aromatic N) is 1. The van der Waals surface area contributed by atoms with Gasteiger partial charge in [-0.3, -0.25) is 9.59 Å². The largest absolute Gasteiger partial charge is 0.494 e. The van der Waals surface area contributed by atoms with E-state index in [4.69, 9.17) is 4.74 Å². The Morgan fingerprint density at radius 3 is 2.44 bits per heavy atom. The second-order valence-electron chi connectivity index (χ2n) is 8.63. The van der Waals surface area contributed by atoms with Gasteiger partial charge in [0.25, 0.3) is 0 Å². The second-order valence-corrected chi connectivity index (χ2v) is 8.63. The van der Waals surface area contributed by atoms with Crippen LogP contribution in [0.2, 0.25) is 0 Å². The van der Waals surface area contributed by atoms with Crippen molar-refractivity contribution in [2.75, 3.05) is 6.61 Å². The third kappa shape index (κ3) is 6.84. The Bertz CT molecular complexity index is 862. The molecular weight excluding hydrogens is 400 g/mol. The molecule has 3 rings (SSSR count). The molecule has 1 saturated carbocycles. The van der Waals surface area contributed by atoms with Gasteiger partial charge in [-0.25, -0.2) is 0 Å². The van der Waals surface area contributed by atoms with Crippen molar-refractivity contribution in [2.45, 2.75) is 77.4 Å². The monoisotopic (exact) mass is 436 g/mol. The maximum absolute atomic E-state index is 13.3. The number of aryl methyl sites for hydroxylation is 1. The van der Waals surface area contributed by atoms with Gasteiger partial charge >= 0.3 is 0 Å². The molecule has 0 saturated heterocycles. The number of nitrogens with one attached hydrogen (secondary N) is 1. The Hall–Kier alpha value is -2.82. The van der Waals surface area contributed by atoms with E-state index in [1.54, 1.807) is 4.90 Å². The highest BCUT2D eigenvalue weighted by atomic mass is 16.5. The van der Waals surface area contributed by atoms with Gasteiger partial charge in [-0.2, -0.15) is 0 Å². The molecule has 0 bridgehead atoms. The highest BCUT2D eigenvalue weighted by molar-refractivity contribution is 5.87.